The summed E-state index contributed by atoms with van der Waals surface area (Å²) in [5, 5.41) is 23.2. The third-order valence-corrected chi connectivity index (χ3v) is 16.3. The van der Waals surface area contributed by atoms with Crippen LogP contribution in [0.4, 0.5) is 0 Å². The van der Waals surface area contributed by atoms with Crippen molar-refractivity contribution in [1.82, 2.24) is 5.32 Å². The van der Waals surface area contributed by atoms with Crippen molar-refractivity contribution in [2.24, 2.45) is 0 Å². The zero-order valence-electron chi connectivity index (χ0n) is 51.5. The van der Waals surface area contributed by atoms with Crippen LogP contribution in [0.3, 0.4) is 0 Å². The Hall–Kier alpha value is -1.66. The average molecular weight is 1070 g/mol. The summed E-state index contributed by atoms with van der Waals surface area (Å²) in [6, 6.07) is -0.536. The predicted molar refractivity (Wildman–Crippen MR) is 333 cm³/mol. The third kappa shape index (κ3) is 61.6. The fourth-order valence-electron chi connectivity index (χ4n) is 11.0. The Morgan fingerprint density at radius 1 is 0.368 bits per heavy atom. The van der Waals surface area contributed by atoms with Crippen molar-refractivity contribution in [3.63, 3.8) is 0 Å². The molecule has 0 saturated heterocycles. The summed E-state index contributed by atoms with van der Waals surface area (Å²) >= 11 is 0. The maximum Gasteiger partial charge on any atom is 0.305 e. The second kappa shape index (κ2) is 65.9. The van der Waals surface area contributed by atoms with Crippen LogP contribution in [0.2, 0.25) is 0 Å². The van der Waals surface area contributed by atoms with Crippen LogP contribution in [0.25, 0.3) is 0 Å². The van der Waals surface area contributed by atoms with Gasteiger partial charge in [-0.3, -0.25) is 9.59 Å². The Bertz CT molecular complexity index is 1190. The number of allylic oxidation sites excluding steroid dienone is 4. The Morgan fingerprint density at radius 2 is 0.658 bits per heavy atom. The van der Waals surface area contributed by atoms with Crippen molar-refractivity contribution in [3.8, 4) is 0 Å². The number of nitrogens with one attached hydrogen (secondary N) is 1. The number of carbonyl (C=O) groups excluding carboxylic acids is 2. The van der Waals surface area contributed by atoms with Crippen LogP contribution >= 0.6 is 0 Å². The number of hydrogen-bond donors (Lipinski definition) is 3. The highest BCUT2D eigenvalue weighted by molar-refractivity contribution is 5.76. The van der Waals surface area contributed by atoms with E-state index in [9.17, 15) is 19.8 Å². The van der Waals surface area contributed by atoms with Gasteiger partial charge in [0.1, 0.15) is 0 Å². The van der Waals surface area contributed by atoms with Crippen LogP contribution < -0.4 is 5.32 Å². The number of aliphatic hydroxyl groups is 2. The molecule has 2 atom stereocenters. The molecule has 6 nitrogen and oxygen atoms in total. The molecule has 0 fully saturated rings. The molecule has 0 spiro atoms. The van der Waals surface area contributed by atoms with Gasteiger partial charge in [-0.25, -0.2) is 0 Å². The molecule has 0 bridgehead atoms. The van der Waals surface area contributed by atoms with Gasteiger partial charge in [0, 0.05) is 12.8 Å². The number of rotatable bonds is 65. The lowest BCUT2D eigenvalue weighted by Gasteiger charge is -2.22. The molecule has 0 heterocycles. The minimum atomic E-state index is -0.659. The fraction of sp³-hybridized carbons (Fsp3) is 0.914. The number of aliphatic hydroxyl groups excluding tert-OH is 2. The molecule has 76 heavy (non-hydrogen) atoms. The molecule has 0 aromatic carbocycles. The van der Waals surface area contributed by atoms with Gasteiger partial charge in [-0.1, -0.05) is 340 Å². The SMILES string of the molecule is CCCCC/C=C\C/C=C\CCCCCCCCCC(=O)OCCCCCCCCCCCCCCCCCCCCCCCCCCCCCCCCCC(=O)NC(CO)C(O)CCCCCCCCCCCCC. The zero-order valence-corrected chi connectivity index (χ0v) is 51.5. The summed E-state index contributed by atoms with van der Waals surface area (Å²) in [5.74, 6) is -0.0166. The lowest BCUT2D eigenvalue weighted by atomic mass is 10.0. The van der Waals surface area contributed by atoms with Crippen LogP contribution in [0.5, 0.6) is 0 Å². The van der Waals surface area contributed by atoms with Crippen LogP contribution in [-0.2, 0) is 14.3 Å². The Balaban J connectivity index is 3.30. The van der Waals surface area contributed by atoms with E-state index in [0.29, 0.717) is 25.9 Å². The molecule has 0 rings (SSSR count). The van der Waals surface area contributed by atoms with Crippen LogP contribution in [0, 0.1) is 0 Å². The Morgan fingerprint density at radius 3 is 1.03 bits per heavy atom. The summed E-state index contributed by atoms with van der Waals surface area (Å²) < 4.78 is 5.50. The molecule has 0 aliphatic carbocycles. The summed E-state index contributed by atoms with van der Waals surface area (Å²) in [6.07, 6.45) is 82.3. The molecule has 450 valence electrons. The van der Waals surface area contributed by atoms with Gasteiger partial charge in [0.15, 0.2) is 0 Å². The van der Waals surface area contributed by atoms with Crippen molar-refractivity contribution in [3.05, 3.63) is 24.3 Å². The first kappa shape index (κ1) is 74.3. The van der Waals surface area contributed by atoms with E-state index in [1.54, 1.807) is 0 Å². The normalized spacial score (nSPS) is 12.6. The molecule has 0 aromatic heterocycles. The summed E-state index contributed by atoms with van der Waals surface area (Å²) in [5.41, 5.74) is 0. The lowest BCUT2D eigenvalue weighted by molar-refractivity contribution is -0.143. The van der Waals surface area contributed by atoms with E-state index in [0.717, 1.165) is 51.4 Å². The van der Waals surface area contributed by atoms with Crippen LogP contribution in [-0.4, -0.2) is 47.4 Å². The lowest BCUT2D eigenvalue weighted by Crippen LogP contribution is -2.45. The molecular formula is C70H135NO5. The smallest absolute Gasteiger partial charge is 0.305 e. The number of hydrogen-bond acceptors (Lipinski definition) is 5. The van der Waals surface area contributed by atoms with Crippen molar-refractivity contribution in [2.45, 2.75) is 398 Å². The second-order valence-electron chi connectivity index (χ2n) is 23.9. The highest BCUT2D eigenvalue weighted by Gasteiger charge is 2.20. The first-order valence-electron chi connectivity index (χ1n) is 34.6. The van der Waals surface area contributed by atoms with Gasteiger partial charge < -0.3 is 20.3 Å². The van der Waals surface area contributed by atoms with Gasteiger partial charge in [0.2, 0.25) is 5.91 Å². The summed E-state index contributed by atoms with van der Waals surface area (Å²) in [7, 11) is 0. The van der Waals surface area contributed by atoms with E-state index in [1.807, 2.05) is 0 Å². The van der Waals surface area contributed by atoms with E-state index in [1.165, 1.54) is 302 Å². The number of amides is 1. The van der Waals surface area contributed by atoms with Crippen molar-refractivity contribution in [1.29, 1.82) is 0 Å². The van der Waals surface area contributed by atoms with Crippen molar-refractivity contribution >= 4 is 11.9 Å². The summed E-state index contributed by atoms with van der Waals surface area (Å²) in [4.78, 5) is 24.5. The highest BCUT2D eigenvalue weighted by atomic mass is 16.5. The largest absolute Gasteiger partial charge is 0.466 e. The van der Waals surface area contributed by atoms with E-state index >= 15 is 0 Å². The first-order valence-corrected chi connectivity index (χ1v) is 34.6. The van der Waals surface area contributed by atoms with E-state index in [4.69, 9.17) is 4.74 Å². The van der Waals surface area contributed by atoms with Crippen LogP contribution in [0.1, 0.15) is 386 Å². The van der Waals surface area contributed by atoms with Gasteiger partial charge in [-0.15, -0.1) is 0 Å². The maximum atomic E-state index is 12.5. The quantitative estimate of drug-likeness (QED) is 0.0320. The minimum absolute atomic E-state index is 0.0134. The Kier molecular flexibility index (Phi) is 64.4. The third-order valence-electron chi connectivity index (χ3n) is 16.3. The van der Waals surface area contributed by atoms with Crippen LogP contribution in [0.15, 0.2) is 24.3 Å². The molecule has 6 heteroatoms. The van der Waals surface area contributed by atoms with Crippen molar-refractivity contribution < 1.29 is 24.5 Å². The highest BCUT2D eigenvalue weighted by Crippen LogP contribution is 2.19. The molecule has 3 N–H and O–H groups in total. The molecule has 0 saturated carbocycles. The molecule has 0 aliphatic rings. The molecular weight excluding hydrogens is 935 g/mol. The number of unbranched alkanes of at least 4 members (excludes halogenated alkanes) is 50. The molecule has 0 aliphatic heterocycles. The van der Waals surface area contributed by atoms with E-state index < -0.39 is 12.1 Å². The van der Waals surface area contributed by atoms with E-state index in [2.05, 4.69) is 43.5 Å². The zero-order chi connectivity index (χ0) is 55.0. The molecule has 0 radical (unpaired) electrons. The van der Waals surface area contributed by atoms with Gasteiger partial charge in [-0.2, -0.15) is 0 Å². The van der Waals surface area contributed by atoms with Gasteiger partial charge in [0.05, 0.1) is 25.4 Å². The second-order valence-corrected chi connectivity index (χ2v) is 23.9. The standard InChI is InChI=1S/C70H135NO5/c1-3-5-7-9-11-13-15-16-17-33-37-40-44-48-52-56-60-64-70(75)76-65-61-57-53-49-45-41-38-35-32-30-28-26-24-22-20-18-19-21-23-25-27-29-31-34-36-39-43-47-51-55-59-63-69(74)71-67(66-72)68(73)62-58-54-50-46-42-14-12-10-8-6-4-2/h11,13,16-17,67-68,72-73H,3-10,12,14-15,18-66H2,1-2H3,(H,71,74)/b13-11-,17-16-. The van der Waals surface area contributed by atoms with Crippen molar-refractivity contribution in [2.75, 3.05) is 13.2 Å². The number of ether oxygens (including phenoxy) is 1. The monoisotopic (exact) mass is 1070 g/mol. The van der Waals surface area contributed by atoms with Gasteiger partial charge in [0.25, 0.3) is 0 Å². The molecule has 1 amide bonds. The fourth-order valence-corrected chi connectivity index (χ4v) is 11.0. The molecule has 2 unspecified atom stereocenters. The molecule has 0 aromatic rings. The maximum absolute atomic E-state index is 12.5. The van der Waals surface area contributed by atoms with Gasteiger partial charge >= 0.3 is 5.97 Å². The van der Waals surface area contributed by atoms with E-state index in [-0.39, 0.29) is 18.5 Å². The Labute approximate surface area is 475 Å². The predicted octanol–water partition coefficient (Wildman–Crippen LogP) is 22.1. The first-order chi connectivity index (χ1) is 37.5. The topological polar surface area (TPSA) is 95.9 Å². The average Bonchev–Trinajstić information content (AvgIpc) is 3.42. The number of esters is 1. The van der Waals surface area contributed by atoms with Gasteiger partial charge in [-0.05, 0) is 57.8 Å². The number of carbonyl (C=O) groups is 2. The minimum Gasteiger partial charge on any atom is -0.466 e. The summed E-state index contributed by atoms with van der Waals surface area (Å²) in [6.45, 7) is 4.94.